The fourth-order valence-corrected chi connectivity index (χ4v) is 2.21. The number of hydrogen-bond acceptors (Lipinski definition) is 2. The zero-order valence-corrected chi connectivity index (χ0v) is 13.7. The Kier molecular flexibility index (Phi) is 6.10. The van der Waals surface area contributed by atoms with Crippen molar-refractivity contribution in [2.24, 2.45) is 0 Å². The van der Waals surface area contributed by atoms with Gasteiger partial charge < -0.3 is 10.1 Å². The van der Waals surface area contributed by atoms with Crippen molar-refractivity contribution in [2.45, 2.75) is 19.8 Å². The molecular formula is C17H17Cl2NO2. The third-order valence-corrected chi connectivity index (χ3v) is 3.85. The van der Waals surface area contributed by atoms with E-state index in [-0.39, 0.29) is 5.91 Å². The Morgan fingerprint density at radius 3 is 2.64 bits per heavy atom. The molecule has 0 spiro atoms. The van der Waals surface area contributed by atoms with Gasteiger partial charge in [0.2, 0.25) is 5.91 Å². The predicted octanol–water partition coefficient (Wildman–Crippen LogP) is 5.10. The molecule has 0 aliphatic heterocycles. The lowest BCUT2D eigenvalue weighted by Crippen LogP contribution is -2.13. The first kappa shape index (κ1) is 16.7. The molecule has 0 heterocycles. The molecule has 0 fully saturated rings. The van der Waals surface area contributed by atoms with Crippen molar-refractivity contribution in [3.63, 3.8) is 0 Å². The van der Waals surface area contributed by atoms with Crippen molar-refractivity contribution < 1.29 is 9.53 Å². The Labute approximate surface area is 140 Å². The summed E-state index contributed by atoms with van der Waals surface area (Å²) in [5.41, 5.74) is 1.60. The summed E-state index contributed by atoms with van der Waals surface area (Å²) < 4.78 is 5.60. The number of nitrogens with one attached hydrogen (secondary N) is 1. The SMILES string of the molecule is Cc1cc(OCCCC(=O)Nc2ccccc2Cl)ccc1Cl. The smallest absolute Gasteiger partial charge is 0.224 e. The molecular weight excluding hydrogens is 321 g/mol. The van der Waals surface area contributed by atoms with Gasteiger partial charge in [-0.1, -0.05) is 35.3 Å². The first-order chi connectivity index (χ1) is 10.6. The van der Waals surface area contributed by atoms with Crippen molar-refractivity contribution in [3.05, 3.63) is 58.1 Å². The quantitative estimate of drug-likeness (QED) is 0.744. The summed E-state index contributed by atoms with van der Waals surface area (Å²) in [5, 5.41) is 4.03. The minimum absolute atomic E-state index is 0.0796. The van der Waals surface area contributed by atoms with E-state index in [9.17, 15) is 4.79 Å². The predicted molar refractivity (Wildman–Crippen MR) is 91.0 cm³/mol. The van der Waals surface area contributed by atoms with Gasteiger partial charge in [-0.05, 0) is 49.2 Å². The topological polar surface area (TPSA) is 38.3 Å². The van der Waals surface area contributed by atoms with E-state index in [1.54, 1.807) is 18.2 Å². The van der Waals surface area contributed by atoms with E-state index in [4.69, 9.17) is 27.9 Å². The largest absolute Gasteiger partial charge is 0.494 e. The number of carbonyl (C=O) groups excluding carboxylic acids is 1. The normalized spacial score (nSPS) is 10.3. The van der Waals surface area contributed by atoms with E-state index in [0.29, 0.717) is 35.2 Å². The number of benzene rings is 2. The summed E-state index contributed by atoms with van der Waals surface area (Å²) in [5.74, 6) is 0.678. The van der Waals surface area contributed by atoms with E-state index in [1.807, 2.05) is 31.2 Å². The number of hydrogen-bond donors (Lipinski definition) is 1. The highest BCUT2D eigenvalue weighted by molar-refractivity contribution is 6.33. The van der Waals surface area contributed by atoms with Crippen LogP contribution in [0.15, 0.2) is 42.5 Å². The number of ether oxygens (including phenoxy) is 1. The maximum atomic E-state index is 11.8. The zero-order valence-electron chi connectivity index (χ0n) is 12.2. The number of halogens is 2. The second kappa shape index (κ2) is 8.06. The fraction of sp³-hybridized carbons (Fsp3) is 0.235. The molecule has 0 aliphatic rings. The van der Waals surface area contributed by atoms with Gasteiger partial charge in [0.1, 0.15) is 5.75 Å². The van der Waals surface area contributed by atoms with Crippen molar-refractivity contribution in [1.29, 1.82) is 0 Å². The molecule has 2 rings (SSSR count). The van der Waals surface area contributed by atoms with Crippen LogP contribution in [0.1, 0.15) is 18.4 Å². The molecule has 22 heavy (non-hydrogen) atoms. The molecule has 1 amide bonds. The van der Waals surface area contributed by atoms with E-state index >= 15 is 0 Å². The Balaban J connectivity index is 1.73. The van der Waals surface area contributed by atoms with Gasteiger partial charge in [0.05, 0.1) is 17.3 Å². The van der Waals surface area contributed by atoms with Gasteiger partial charge in [0.25, 0.3) is 0 Å². The highest BCUT2D eigenvalue weighted by Gasteiger charge is 2.05. The third kappa shape index (κ3) is 4.93. The van der Waals surface area contributed by atoms with Gasteiger partial charge >= 0.3 is 0 Å². The van der Waals surface area contributed by atoms with E-state index in [1.165, 1.54) is 0 Å². The van der Waals surface area contributed by atoms with Crippen LogP contribution in [-0.4, -0.2) is 12.5 Å². The number of para-hydroxylation sites is 1. The highest BCUT2D eigenvalue weighted by Crippen LogP contribution is 2.22. The molecule has 0 atom stereocenters. The average molecular weight is 338 g/mol. The van der Waals surface area contributed by atoms with Gasteiger partial charge in [-0.2, -0.15) is 0 Å². The monoisotopic (exact) mass is 337 g/mol. The van der Waals surface area contributed by atoms with Crippen LogP contribution in [0.5, 0.6) is 5.75 Å². The lowest BCUT2D eigenvalue weighted by molar-refractivity contribution is -0.116. The third-order valence-electron chi connectivity index (χ3n) is 3.09. The van der Waals surface area contributed by atoms with Crippen LogP contribution in [0, 0.1) is 6.92 Å². The summed E-state index contributed by atoms with van der Waals surface area (Å²) in [6.07, 6.45) is 0.996. The summed E-state index contributed by atoms with van der Waals surface area (Å²) in [4.78, 5) is 11.8. The van der Waals surface area contributed by atoms with Crippen LogP contribution in [-0.2, 0) is 4.79 Å². The molecule has 3 nitrogen and oxygen atoms in total. The molecule has 2 aromatic rings. The molecule has 0 saturated heterocycles. The number of amides is 1. The number of anilines is 1. The molecule has 0 aliphatic carbocycles. The molecule has 1 N–H and O–H groups in total. The van der Waals surface area contributed by atoms with Gasteiger partial charge in [0.15, 0.2) is 0 Å². The van der Waals surface area contributed by atoms with Crippen LogP contribution in [0.4, 0.5) is 5.69 Å². The van der Waals surface area contributed by atoms with Crippen LogP contribution in [0.2, 0.25) is 10.0 Å². The molecule has 0 aromatic heterocycles. The second-order valence-electron chi connectivity index (χ2n) is 4.89. The standard InChI is InChI=1S/C17H17Cl2NO2/c1-12-11-13(8-9-14(12)18)22-10-4-7-17(21)20-16-6-3-2-5-15(16)19/h2-3,5-6,8-9,11H,4,7,10H2,1H3,(H,20,21). The van der Waals surface area contributed by atoms with Crippen LogP contribution in [0.3, 0.4) is 0 Å². The maximum Gasteiger partial charge on any atom is 0.224 e. The van der Waals surface area contributed by atoms with Gasteiger partial charge in [-0.25, -0.2) is 0 Å². The summed E-state index contributed by atoms with van der Waals surface area (Å²) in [6, 6.07) is 12.7. The first-order valence-corrected chi connectivity index (χ1v) is 7.75. The summed E-state index contributed by atoms with van der Waals surface area (Å²) in [6.45, 7) is 2.39. The fourth-order valence-electron chi connectivity index (χ4n) is 1.90. The van der Waals surface area contributed by atoms with Crippen molar-refractivity contribution in [1.82, 2.24) is 0 Å². The minimum atomic E-state index is -0.0796. The van der Waals surface area contributed by atoms with Crippen molar-refractivity contribution >= 4 is 34.8 Å². The molecule has 0 saturated carbocycles. The lowest BCUT2D eigenvalue weighted by atomic mass is 10.2. The molecule has 116 valence electrons. The van der Waals surface area contributed by atoms with Crippen LogP contribution < -0.4 is 10.1 Å². The minimum Gasteiger partial charge on any atom is -0.494 e. The lowest BCUT2D eigenvalue weighted by Gasteiger charge is -2.09. The Hall–Kier alpha value is -1.71. The number of aryl methyl sites for hydroxylation is 1. The van der Waals surface area contributed by atoms with E-state index in [0.717, 1.165) is 11.3 Å². The average Bonchev–Trinajstić information content (AvgIpc) is 2.49. The first-order valence-electron chi connectivity index (χ1n) is 6.99. The molecule has 5 heteroatoms. The maximum absolute atomic E-state index is 11.8. The van der Waals surface area contributed by atoms with E-state index < -0.39 is 0 Å². The Bertz CT molecular complexity index is 659. The Morgan fingerprint density at radius 2 is 1.91 bits per heavy atom. The second-order valence-corrected chi connectivity index (χ2v) is 5.71. The van der Waals surface area contributed by atoms with Crippen molar-refractivity contribution in [2.75, 3.05) is 11.9 Å². The number of carbonyl (C=O) groups is 1. The molecule has 0 radical (unpaired) electrons. The molecule has 0 bridgehead atoms. The van der Waals surface area contributed by atoms with Crippen LogP contribution >= 0.6 is 23.2 Å². The van der Waals surface area contributed by atoms with Crippen LogP contribution in [0.25, 0.3) is 0 Å². The highest BCUT2D eigenvalue weighted by atomic mass is 35.5. The zero-order chi connectivity index (χ0) is 15.9. The molecule has 0 unspecified atom stereocenters. The van der Waals surface area contributed by atoms with Gasteiger partial charge in [0, 0.05) is 11.4 Å². The molecule has 2 aromatic carbocycles. The van der Waals surface area contributed by atoms with Crippen molar-refractivity contribution in [3.8, 4) is 5.75 Å². The summed E-state index contributed by atoms with van der Waals surface area (Å²) in [7, 11) is 0. The van der Waals surface area contributed by atoms with Gasteiger partial charge in [-0.3, -0.25) is 4.79 Å². The van der Waals surface area contributed by atoms with E-state index in [2.05, 4.69) is 5.32 Å². The summed E-state index contributed by atoms with van der Waals surface area (Å²) >= 11 is 11.9. The Morgan fingerprint density at radius 1 is 1.14 bits per heavy atom. The van der Waals surface area contributed by atoms with Gasteiger partial charge in [-0.15, -0.1) is 0 Å². The number of rotatable bonds is 6.